The number of nitrogens with one attached hydrogen (secondary N) is 2. The molecule has 0 aliphatic heterocycles. The minimum absolute atomic E-state index is 0. The molecule has 1 aliphatic carbocycles. The number of hydrogen-bond acceptors (Lipinski definition) is 4. The van der Waals surface area contributed by atoms with Crippen LogP contribution >= 0.6 is 11.8 Å². The molecular weight excluding hydrogens is 515 g/mol. The van der Waals surface area contributed by atoms with E-state index >= 15 is 0 Å². The van der Waals surface area contributed by atoms with Crippen LogP contribution < -0.4 is 10.6 Å². The second-order valence-electron chi connectivity index (χ2n) is 10.8. The Morgan fingerprint density at radius 1 is 1.02 bits per heavy atom. The van der Waals surface area contributed by atoms with Crippen molar-refractivity contribution in [3.63, 3.8) is 0 Å². The van der Waals surface area contributed by atoms with E-state index in [1.54, 1.807) is 17.8 Å². The molecule has 8 heteroatoms. The molecule has 1 fully saturated rings. The van der Waals surface area contributed by atoms with Gasteiger partial charge in [0, 0.05) is 11.5 Å². The van der Waals surface area contributed by atoms with E-state index in [0.29, 0.717) is 23.7 Å². The Kier molecular flexibility index (Phi) is 14.4. The number of hydrogen-bond donors (Lipinski definition) is 3. The van der Waals surface area contributed by atoms with Crippen molar-refractivity contribution in [2.24, 2.45) is 11.8 Å². The van der Waals surface area contributed by atoms with Crippen LogP contribution in [0.1, 0.15) is 92.7 Å². The van der Waals surface area contributed by atoms with Crippen LogP contribution in [-0.4, -0.2) is 59.8 Å². The molecule has 0 aromatic heterocycles. The maximum absolute atomic E-state index is 13.4. The summed E-state index contributed by atoms with van der Waals surface area (Å²) in [6.45, 7) is 6.06. The monoisotopic (exact) mass is 560 g/mol. The van der Waals surface area contributed by atoms with Gasteiger partial charge in [-0.25, -0.2) is 4.79 Å². The molecule has 2 aromatic rings. The van der Waals surface area contributed by atoms with E-state index in [1.165, 1.54) is 32.1 Å². The van der Waals surface area contributed by atoms with E-state index in [1.807, 2.05) is 56.5 Å². The SMILES string of the molecule is CCC(CC1CCCCC1)C(=O)NC(C)c1ccc(C(=O)NC(CCSC)C(=O)O)c(-c2ccccc2C)c1.[LiH]. The summed E-state index contributed by atoms with van der Waals surface area (Å²) in [7, 11) is 0. The first-order valence-corrected chi connectivity index (χ1v) is 15.7. The van der Waals surface area contributed by atoms with Gasteiger partial charge in [0.1, 0.15) is 6.04 Å². The molecule has 3 rings (SSSR count). The Morgan fingerprint density at radius 3 is 2.35 bits per heavy atom. The third-order valence-corrected chi connectivity index (χ3v) is 8.65. The molecule has 0 radical (unpaired) electrons. The maximum atomic E-state index is 13.4. The topological polar surface area (TPSA) is 95.5 Å². The molecule has 3 atom stereocenters. The van der Waals surface area contributed by atoms with Gasteiger partial charge in [-0.2, -0.15) is 11.8 Å². The third kappa shape index (κ3) is 9.43. The summed E-state index contributed by atoms with van der Waals surface area (Å²) in [5.41, 5.74) is 3.97. The number of carboxylic acid groups (broad SMARTS) is 1. The van der Waals surface area contributed by atoms with Gasteiger partial charge in [-0.15, -0.1) is 0 Å². The quantitative estimate of drug-likeness (QED) is 0.257. The zero-order valence-corrected chi connectivity index (χ0v) is 24.6. The predicted molar refractivity (Wildman–Crippen MR) is 167 cm³/mol. The summed E-state index contributed by atoms with van der Waals surface area (Å²) < 4.78 is 0. The Labute approximate surface area is 256 Å². The molecule has 0 bridgehead atoms. The number of thioether (sulfide) groups is 1. The molecule has 40 heavy (non-hydrogen) atoms. The first-order chi connectivity index (χ1) is 18.7. The predicted octanol–water partition coefficient (Wildman–Crippen LogP) is 6.12. The van der Waals surface area contributed by atoms with Gasteiger partial charge in [0.2, 0.25) is 5.91 Å². The van der Waals surface area contributed by atoms with Crippen LogP contribution in [0.25, 0.3) is 11.1 Å². The molecular formula is C32H45LiN2O4S. The fraction of sp³-hybridized carbons (Fsp3) is 0.531. The van der Waals surface area contributed by atoms with Gasteiger partial charge in [-0.05, 0) is 85.4 Å². The van der Waals surface area contributed by atoms with Gasteiger partial charge < -0.3 is 15.7 Å². The van der Waals surface area contributed by atoms with Crippen molar-refractivity contribution in [3.05, 3.63) is 59.2 Å². The van der Waals surface area contributed by atoms with Gasteiger partial charge in [0.15, 0.2) is 0 Å². The van der Waals surface area contributed by atoms with Crippen LogP contribution in [0, 0.1) is 18.8 Å². The summed E-state index contributed by atoms with van der Waals surface area (Å²) in [6.07, 6.45) is 10.3. The first kappa shape index (κ1) is 34.0. The van der Waals surface area contributed by atoms with Crippen LogP contribution in [0.4, 0.5) is 0 Å². The molecule has 1 aliphatic rings. The van der Waals surface area contributed by atoms with Crippen molar-refractivity contribution in [1.29, 1.82) is 0 Å². The zero-order valence-electron chi connectivity index (χ0n) is 23.8. The molecule has 214 valence electrons. The summed E-state index contributed by atoms with van der Waals surface area (Å²) in [5.74, 6) is -0.0817. The molecule has 6 nitrogen and oxygen atoms in total. The van der Waals surface area contributed by atoms with Crippen molar-refractivity contribution in [2.75, 3.05) is 12.0 Å². The molecule has 2 amide bonds. The minimum atomic E-state index is -1.04. The van der Waals surface area contributed by atoms with E-state index in [2.05, 4.69) is 17.6 Å². The second-order valence-corrected chi connectivity index (χ2v) is 11.8. The van der Waals surface area contributed by atoms with E-state index < -0.39 is 17.9 Å². The van der Waals surface area contributed by atoms with Crippen molar-refractivity contribution in [1.82, 2.24) is 10.6 Å². The number of carboxylic acids is 1. The Morgan fingerprint density at radius 2 is 1.73 bits per heavy atom. The van der Waals surface area contributed by atoms with E-state index in [0.717, 1.165) is 35.1 Å². The van der Waals surface area contributed by atoms with Gasteiger partial charge in [0.05, 0.1) is 6.04 Å². The molecule has 0 heterocycles. The second kappa shape index (κ2) is 16.9. The summed E-state index contributed by atoms with van der Waals surface area (Å²) in [5, 5.41) is 15.6. The van der Waals surface area contributed by atoms with Crippen molar-refractivity contribution in [3.8, 4) is 11.1 Å². The van der Waals surface area contributed by atoms with Gasteiger partial charge >= 0.3 is 24.8 Å². The molecule has 0 saturated heterocycles. The average Bonchev–Trinajstić information content (AvgIpc) is 2.94. The van der Waals surface area contributed by atoms with E-state index in [9.17, 15) is 19.5 Å². The van der Waals surface area contributed by atoms with Gasteiger partial charge in [-0.1, -0.05) is 69.4 Å². The number of amides is 2. The number of aliphatic carboxylic acids is 1. The van der Waals surface area contributed by atoms with E-state index in [-0.39, 0.29) is 36.7 Å². The Bertz CT molecular complexity index is 1140. The summed E-state index contributed by atoms with van der Waals surface area (Å²) >= 11 is 1.55. The van der Waals surface area contributed by atoms with Gasteiger partial charge in [0.25, 0.3) is 5.91 Å². The zero-order chi connectivity index (χ0) is 28.4. The van der Waals surface area contributed by atoms with Crippen molar-refractivity contribution >= 4 is 48.4 Å². The first-order valence-electron chi connectivity index (χ1n) is 14.3. The Balaban J connectivity index is 0.00000560. The standard InChI is InChI=1S/C32H44N2O4S.Li.H/c1-5-24(19-23-12-7-6-8-13-23)30(35)33-22(3)25-15-16-27(28(20-25)26-14-10-9-11-21(26)2)31(36)34-29(32(37)38)17-18-39-4;;/h9-11,14-16,20,22-24,29H,5-8,12-13,17-19H2,1-4H3,(H,33,35)(H,34,36)(H,37,38);;. The van der Waals surface area contributed by atoms with E-state index in [4.69, 9.17) is 0 Å². The third-order valence-electron chi connectivity index (χ3n) is 8.00. The molecule has 0 spiro atoms. The van der Waals surface area contributed by atoms with Crippen LogP contribution in [0.5, 0.6) is 0 Å². The fourth-order valence-corrected chi connectivity index (χ4v) is 6.03. The normalized spacial score (nSPS) is 15.8. The summed E-state index contributed by atoms with van der Waals surface area (Å²) in [4.78, 5) is 38.4. The molecule has 1 saturated carbocycles. The molecule has 3 unspecified atom stereocenters. The van der Waals surface area contributed by atoms with Crippen molar-refractivity contribution in [2.45, 2.75) is 84.2 Å². The van der Waals surface area contributed by atoms with Crippen LogP contribution in [-0.2, 0) is 9.59 Å². The Hall–Kier alpha value is -2.20. The molecule has 3 N–H and O–H groups in total. The van der Waals surface area contributed by atoms with Crippen molar-refractivity contribution < 1.29 is 19.5 Å². The van der Waals surface area contributed by atoms with Crippen LogP contribution in [0.3, 0.4) is 0 Å². The molecule has 2 aromatic carbocycles. The summed E-state index contributed by atoms with van der Waals surface area (Å²) in [6, 6.07) is 12.2. The van der Waals surface area contributed by atoms with Crippen LogP contribution in [0.15, 0.2) is 42.5 Å². The number of rotatable bonds is 13. The number of carbonyl (C=O) groups is 3. The van der Waals surface area contributed by atoms with Crippen LogP contribution in [0.2, 0.25) is 0 Å². The average molecular weight is 561 g/mol. The fourth-order valence-electron chi connectivity index (χ4n) is 5.56. The van der Waals surface area contributed by atoms with Gasteiger partial charge in [-0.3, -0.25) is 9.59 Å². The number of benzene rings is 2. The number of aryl methyl sites for hydroxylation is 1. The number of carbonyl (C=O) groups excluding carboxylic acids is 2.